The minimum absolute atomic E-state index is 0.175. The first-order valence-electron chi connectivity index (χ1n) is 4.82. The minimum atomic E-state index is -4.33. The standard InChI is InChI=1S/C11H14F3NO/c1-7-8(4-3-5-10(7)16-2)9(6-15)11(12,13)14/h3-5,9H,6,15H2,1-2H3. The van der Waals surface area contributed by atoms with E-state index in [-0.39, 0.29) is 5.56 Å². The lowest BCUT2D eigenvalue weighted by Crippen LogP contribution is -2.28. The summed E-state index contributed by atoms with van der Waals surface area (Å²) >= 11 is 0. The molecule has 0 aromatic heterocycles. The van der Waals surface area contributed by atoms with Crippen molar-refractivity contribution in [2.75, 3.05) is 13.7 Å². The minimum Gasteiger partial charge on any atom is -0.496 e. The zero-order valence-corrected chi connectivity index (χ0v) is 9.14. The molecule has 1 aromatic rings. The zero-order chi connectivity index (χ0) is 12.3. The second-order valence-electron chi connectivity index (χ2n) is 3.50. The van der Waals surface area contributed by atoms with Crippen LogP contribution in [0, 0.1) is 6.92 Å². The molecule has 0 radical (unpaired) electrons. The summed E-state index contributed by atoms with van der Waals surface area (Å²) in [4.78, 5) is 0. The number of alkyl halides is 3. The van der Waals surface area contributed by atoms with Crippen molar-refractivity contribution in [3.63, 3.8) is 0 Å². The fraction of sp³-hybridized carbons (Fsp3) is 0.455. The van der Waals surface area contributed by atoms with Crippen molar-refractivity contribution in [3.8, 4) is 5.75 Å². The molecule has 1 aromatic carbocycles. The van der Waals surface area contributed by atoms with Gasteiger partial charge in [0.05, 0.1) is 13.0 Å². The Hall–Kier alpha value is -1.23. The van der Waals surface area contributed by atoms with E-state index in [2.05, 4.69) is 0 Å². The number of rotatable bonds is 3. The van der Waals surface area contributed by atoms with Gasteiger partial charge in [-0.1, -0.05) is 12.1 Å². The van der Waals surface area contributed by atoms with Crippen LogP contribution < -0.4 is 10.5 Å². The fourth-order valence-electron chi connectivity index (χ4n) is 1.67. The van der Waals surface area contributed by atoms with Crippen molar-refractivity contribution >= 4 is 0 Å². The van der Waals surface area contributed by atoms with Gasteiger partial charge in [-0.3, -0.25) is 0 Å². The molecule has 1 unspecified atom stereocenters. The van der Waals surface area contributed by atoms with Crippen LogP contribution in [0.4, 0.5) is 13.2 Å². The Labute approximate surface area is 92.2 Å². The van der Waals surface area contributed by atoms with E-state index in [9.17, 15) is 13.2 Å². The molecule has 0 fully saturated rings. The highest BCUT2D eigenvalue weighted by molar-refractivity contribution is 5.41. The predicted octanol–water partition coefficient (Wildman–Crippen LogP) is 2.61. The van der Waals surface area contributed by atoms with Crippen LogP contribution in [0.3, 0.4) is 0 Å². The summed E-state index contributed by atoms with van der Waals surface area (Å²) in [6.45, 7) is 1.14. The third-order valence-corrected chi connectivity index (χ3v) is 2.55. The molecule has 1 atom stereocenters. The molecule has 0 heterocycles. The molecule has 0 bridgehead atoms. The van der Waals surface area contributed by atoms with Gasteiger partial charge in [0.2, 0.25) is 0 Å². The van der Waals surface area contributed by atoms with Crippen molar-refractivity contribution in [1.82, 2.24) is 0 Å². The highest BCUT2D eigenvalue weighted by Crippen LogP contribution is 2.37. The molecule has 0 spiro atoms. The Balaban J connectivity index is 3.21. The van der Waals surface area contributed by atoms with Crippen LogP contribution in [0.2, 0.25) is 0 Å². The molecular formula is C11H14F3NO. The summed E-state index contributed by atoms with van der Waals surface area (Å²) in [7, 11) is 1.43. The average molecular weight is 233 g/mol. The number of halogens is 3. The van der Waals surface area contributed by atoms with E-state index in [1.807, 2.05) is 0 Å². The van der Waals surface area contributed by atoms with E-state index >= 15 is 0 Å². The van der Waals surface area contributed by atoms with Crippen LogP contribution in [0.5, 0.6) is 5.75 Å². The topological polar surface area (TPSA) is 35.2 Å². The van der Waals surface area contributed by atoms with Gasteiger partial charge in [0.25, 0.3) is 0 Å². The number of benzene rings is 1. The van der Waals surface area contributed by atoms with Crippen LogP contribution in [-0.2, 0) is 0 Å². The summed E-state index contributed by atoms with van der Waals surface area (Å²) in [5.74, 6) is -1.19. The van der Waals surface area contributed by atoms with Gasteiger partial charge in [0.15, 0.2) is 0 Å². The van der Waals surface area contributed by atoms with Crippen molar-refractivity contribution in [2.45, 2.75) is 19.0 Å². The maximum Gasteiger partial charge on any atom is 0.396 e. The van der Waals surface area contributed by atoms with E-state index in [0.717, 1.165) is 0 Å². The van der Waals surface area contributed by atoms with Gasteiger partial charge in [-0.05, 0) is 24.1 Å². The highest BCUT2D eigenvalue weighted by atomic mass is 19.4. The van der Waals surface area contributed by atoms with E-state index in [0.29, 0.717) is 11.3 Å². The summed E-state index contributed by atoms with van der Waals surface area (Å²) in [5, 5.41) is 0. The molecule has 1 rings (SSSR count). The monoisotopic (exact) mass is 233 g/mol. The lowest BCUT2D eigenvalue weighted by molar-refractivity contribution is -0.148. The first kappa shape index (κ1) is 12.8. The number of nitrogens with two attached hydrogens (primary N) is 1. The summed E-state index contributed by atoms with van der Waals surface area (Å²) in [6, 6.07) is 4.60. The molecule has 2 nitrogen and oxygen atoms in total. The Kier molecular flexibility index (Phi) is 3.80. The highest BCUT2D eigenvalue weighted by Gasteiger charge is 2.40. The molecule has 0 saturated heterocycles. The predicted molar refractivity (Wildman–Crippen MR) is 55.6 cm³/mol. The molecule has 0 saturated carbocycles. The molecule has 0 aliphatic rings. The van der Waals surface area contributed by atoms with Crippen LogP contribution in [0.15, 0.2) is 18.2 Å². The SMILES string of the molecule is COc1cccc(C(CN)C(F)(F)F)c1C. The fourth-order valence-corrected chi connectivity index (χ4v) is 1.67. The van der Waals surface area contributed by atoms with Gasteiger partial charge in [0, 0.05) is 6.54 Å². The van der Waals surface area contributed by atoms with E-state index < -0.39 is 18.6 Å². The number of hydrogen-bond donors (Lipinski definition) is 1. The van der Waals surface area contributed by atoms with Crippen molar-refractivity contribution < 1.29 is 17.9 Å². The normalized spacial score (nSPS) is 13.6. The van der Waals surface area contributed by atoms with Crippen LogP contribution >= 0.6 is 0 Å². The van der Waals surface area contributed by atoms with Gasteiger partial charge in [-0.25, -0.2) is 0 Å². The van der Waals surface area contributed by atoms with Crippen molar-refractivity contribution in [2.24, 2.45) is 5.73 Å². The number of ether oxygens (including phenoxy) is 1. The molecule has 0 aliphatic carbocycles. The summed E-state index contributed by atoms with van der Waals surface area (Å²) in [6.07, 6.45) is -4.33. The first-order chi connectivity index (χ1) is 7.41. The Bertz CT molecular complexity index is 363. The molecule has 90 valence electrons. The molecule has 2 N–H and O–H groups in total. The van der Waals surface area contributed by atoms with E-state index in [1.54, 1.807) is 13.0 Å². The second-order valence-corrected chi connectivity index (χ2v) is 3.50. The summed E-state index contributed by atoms with van der Waals surface area (Å²) < 4.78 is 43.1. The molecule has 16 heavy (non-hydrogen) atoms. The summed E-state index contributed by atoms with van der Waals surface area (Å²) in [5.41, 5.74) is 5.85. The smallest absolute Gasteiger partial charge is 0.396 e. The van der Waals surface area contributed by atoms with Crippen LogP contribution in [0.1, 0.15) is 17.0 Å². The Morgan fingerprint density at radius 1 is 1.38 bits per heavy atom. The van der Waals surface area contributed by atoms with Gasteiger partial charge < -0.3 is 10.5 Å². The second kappa shape index (κ2) is 4.74. The molecule has 0 aliphatic heterocycles. The maximum atomic E-state index is 12.7. The average Bonchev–Trinajstić information content (AvgIpc) is 2.19. The van der Waals surface area contributed by atoms with Gasteiger partial charge >= 0.3 is 6.18 Å². The molecule has 0 amide bonds. The van der Waals surface area contributed by atoms with Crippen molar-refractivity contribution in [3.05, 3.63) is 29.3 Å². The number of methoxy groups -OCH3 is 1. The quantitative estimate of drug-likeness (QED) is 0.870. The third-order valence-electron chi connectivity index (χ3n) is 2.55. The molecular weight excluding hydrogens is 219 g/mol. The zero-order valence-electron chi connectivity index (χ0n) is 9.14. The lowest BCUT2D eigenvalue weighted by Gasteiger charge is -2.21. The van der Waals surface area contributed by atoms with Gasteiger partial charge in [-0.15, -0.1) is 0 Å². The van der Waals surface area contributed by atoms with Crippen molar-refractivity contribution in [1.29, 1.82) is 0 Å². The van der Waals surface area contributed by atoms with Crippen LogP contribution in [-0.4, -0.2) is 19.8 Å². The number of hydrogen-bond acceptors (Lipinski definition) is 2. The van der Waals surface area contributed by atoms with E-state index in [4.69, 9.17) is 10.5 Å². The molecule has 5 heteroatoms. The third kappa shape index (κ3) is 2.47. The first-order valence-corrected chi connectivity index (χ1v) is 4.82. The van der Waals surface area contributed by atoms with Crippen LogP contribution in [0.25, 0.3) is 0 Å². The van der Waals surface area contributed by atoms with Gasteiger partial charge in [0.1, 0.15) is 5.75 Å². The van der Waals surface area contributed by atoms with Gasteiger partial charge in [-0.2, -0.15) is 13.2 Å². The lowest BCUT2D eigenvalue weighted by atomic mass is 9.94. The Morgan fingerprint density at radius 3 is 2.44 bits per heavy atom. The van der Waals surface area contributed by atoms with E-state index in [1.165, 1.54) is 19.2 Å². The maximum absolute atomic E-state index is 12.7. The Morgan fingerprint density at radius 2 is 2.00 bits per heavy atom. The largest absolute Gasteiger partial charge is 0.496 e.